The van der Waals surface area contributed by atoms with Gasteiger partial charge in [-0.15, -0.1) is 0 Å². The molecular formula is C13H25N3O4. The van der Waals surface area contributed by atoms with E-state index in [1.165, 1.54) is 11.9 Å². The highest BCUT2D eigenvalue weighted by atomic mass is 16.4. The molecule has 116 valence electrons. The Balaban J connectivity index is 4.42. The van der Waals surface area contributed by atoms with Crippen LogP contribution in [0.25, 0.3) is 0 Å². The van der Waals surface area contributed by atoms with Crippen LogP contribution in [0.1, 0.15) is 34.1 Å². The van der Waals surface area contributed by atoms with Crippen molar-refractivity contribution < 1.29 is 19.5 Å². The van der Waals surface area contributed by atoms with Gasteiger partial charge in [-0.05, 0) is 19.8 Å². The Kier molecular flexibility index (Phi) is 7.64. The molecule has 1 atom stereocenters. The Morgan fingerprint density at radius 1 is 1.10 bits per heavy atom. The molecule has 0 fully saturated rings. The zero-order chi connectivity index (χ0) is 15.9. The number of nitrogens with one attached hydrogen (secondary N) is 2. The lowest BCUT2D eigenvalue weighted by atomic mass is 10.0. The number of nitrogens with zero attached hydrogens (tertiary/aromatic N) is 1. The lowest BCUT2D eigenvalue weighted by Crippen LogP contribution is -2.49. The molecule has 0 aliphatic rings. The van der Waals surface area contributed by atoms with Gasteiger partial charge in [0, 0.05) is 19.1 Å². The first-order valence-corrected chi connectivity index (χ1v) is 6.66. The minimum absolute atomic E-state index is 0.00654. The van der Waals surface area contributed by atoms with Gasteiger partial charge in [0.05, 0.1) is 6.42 Å². The highest BCUT2D eigenvalue weighted by Gasteiger charge is 2.22. The molecule has 7 heteroatoms. The van der Waals surface area contributed by atoms with Gasteiger partial charge >= 0.3 is 12.0 Å². The maximum Gasteiger partial charge on any atom is 0.317 e. The van der Waals surface area contributed by atoms with Crippen molar-refractivity contribution in [1.29, 1.82) is 0 Å². The van der Waals surface area contributed by atoms with Crippen LogP contribution in [0.4, 0.5) is 4.79 Å². The molecule has 0 radical (unpaired) electrons. The standard InChI is InChI=1S/C13H25N3O4/c1-8(2)10(6-12(18)19)15-13(20)16(5)7-11(17)14-9(3)4/h8-10H,6-7H2,1-5H3,(H,14,17)(H,15,20)(H,18,19). The number of carbonyl (C=O) groups is 3. The van der Waals surface area contributed by atoms with E-state index < -0.39 is 18.0 Å². The summed E-state index contributed by atoms with van der Waals surface area (Å²) in [4.78, 5) is 35.4. The van der Waals surface area contributed by atoms with Crippen molar-refractivity contribution in [3.63, 3.8) is 0 Å². The van der Waals surface area contributed by atoms with E-state index in [0.29, 0.717) is 0 Å². The molecule has 7 nitrogen and oxygen atoms in total. The number of carbonyl (C=O) groups excluding carboxylic acids is 2. The topological polar surface area (TPSA) is 98.7 Å². The summed E-state index contributed by atoms with van der Waals surface area (Å²) in [5.41, 5.74) is 0. The predicted octanol–water partition coefficient (Wildman–Crippen LogP) is 0.652. The van der Waals surface area contributed by atoms with Gasteiger partial charge in [-0.2, -0.15) is 0 Å². The fraction of sp³-hybridized carbons (Fsp3) is 0.769. The molecule has 0 aromatic heterocycles. The van der Waals surface area contributed by atoms with Gasteiger partial charge in [0.25, 0.3) is 0 Å². The van der Waals surface area contributed by atoms with Crippen LogP contribution in [-0.4, -0.2) is 53.6 Å². The summed E-state index contributed by atoms with van der Waals surface area (Å²) in [6.45, 7) is 7.26. The van der Waals surface area contributed by atoms with Gasteiger partial charge in [0.15, 0.2) is 0 Å². The summed E-state index contributed by atoms with van der Waals surface area (Å²) < 4.78 is 0. The zero-order valence-electron chi connectivity index (χ0n) is 12.8. The minimum atomic E-state index is -0.968. The Morgan fingerprint density at radius 3 is 2.05 bits per heavy atom. The van der Waals surface area contributed by atoms with E-state index in [-0.39, 0.29) is 30.8 Å². The third kappa shape index (κ3) is 7.60. The van der Waals surface area contributed by atoms with Gasteiger partial charge in [0.2, 0.25) is 5.91 Å². The number of carboxylic acid groups (broad SMARTS) is 1. The molecule has 0 saturated carbocycles. The van der Waals surface area contributed by atoms with Gasteiger partial charge < -0.3 is 20.6 Å². The van der Waals surface area contributed by atoms with Crippen molar-refractivity contribution in [2.45, 2.75) is 46.2 Å². The number of hydrogen-bond acceptors (Lipinski definition) is 3. The van der Waals surface area contributed by atoms with Crippen LogP contribution in [0.5, 0.6) is 0 Å². The van der Waals surface area contributed by atoms with Gasteiger partial charge in [0.1, 0.15) is 6.54 Å². The third-order valence-corrected chi connectivity index (χ3v) is 2.69. The zero-order valence-corrected chi connectivity index (χ0v) is 12.8. The Morgan fingerprint density at radius 2 is 1.65 bits per heavy atom. The van der Waals surface area contributed by atoms with E-state index >= 15 is 0 Å². The summed E-state index contributed by atoms with van der Waals surface area (Å²) >= 11 is 0. The molecule has 0 aromatic carbocycles. The maximum absolute atomic E-state index is 11.9. The quantitative estimate of drug-likeness (QED) is 0.640. The van der Waals surface area contributed by atoms with Crippen molar-refractivity contribution >= 4 is 17.9 Å². The van der Waals surface area contributed by atoms with Crippen molar-refractivity contribution in [2.24, 2.45) is 5.92 Å². The number of carboxylic acids is 1. The number of urea groups is 1. The first kappa shape index (κ1) is 18.2. The van der Waals surface area contributed by atoms with Crippen LogP contribution in [0.2, 0.25) is 0 Å². The highest BCUT2D eigenvalue weighted by molar-refractivity contribution is 5.84. The lowest BCUT2D eigenvalue weighted by molar-refractivity contribution is -0.137. The van der Waals surface area contributed by atoms with Crippen LogP contribution in [0.3, 0.4) is 0 Å². The number of aliphatic carboxylic acids is 1. The van der Waals surface area contributed by atoms with E-state index in [2.05, 4.69) is 10.6 Å². The van der Waals surface area contributed by atoms with Crippen molar-refractivity contribution in [1.82, 2.24) is 15.5 Å². The van der Waals surface area contributed by atoms with Crippen LogP contribution in [0.15, 0.2) is 0 Å². The van der Waals surface area contributed by atoms with Crippen molar-refractivity contribution in [2.75, 3.05) is 13.6 Å². The van der Waals surface area contributed by atoms with Crippen LogP contribution < -0.4 is 10.6 Å². The van der Waals surface area contributed by atoms with Crippen molar-refractivity contribution in [3.8, 4) is 0 Å². The molecule has 0 heterocycles. The Labute approximate surface area is 119 Å². The third-order valence-electron chi connectivity index (χ3n) is 2.69. The van der Waals surface area contributed by atoms with E-state index in [9.17, 15) is 14.4 Å². The smallest absolute Gasteiger partial charge is 0.317 e. The van der Waals surface area contributed by atoms with Crippen LogP contribution >= 0.6 is 0 Å². The Hall–Kier alpha value is -1.79. The molecule has 0 saturated heterocycles. The van der Waals surface area contributed by atoms with E-state index in [0.717, 1.165) is 0 Å². The molecule has 0 aliphatic heterocycles. The molecule has 1 unspecified atom stereocenters. The number of hydrogen-bond donors (Lipinski definition) is 3. The molecule has 0 rings (SSSR count). The average molecular weight is 287 g/mol. The second-order valence-corrected chi connectivity index (χ2v) is 5.48. The molecule has 0 spiro atoms. The van der Waals surface area contributed by atoms with Gasteiger partial charge in [-0.1, -0.05) is 13.8 Å². The number of rotatable bonds is 7. The maximum atomic E-state index is 11.9. The van der Waals surface area contributed by atoms with E-state index in [1.807, 2.05) is 27.7 Å². The SMILES string of the molecule is CC(C)NC(=O)CN(C)C(=O)NC(CC(=O)O)C(C)C. The number of amides is 3. The fourth-order valence-electron chi connectivity index (χ4n) is 1.57. The van der Waals surface area contributed by atoms with E-state index in [4.69, 9.17) is 5.11 Å². The summed E-state index contributed by atoms with van der Waals surface area (Å²) in [6, 6.07) is -0.908. The molecule has 3 amide bonds. The molecular weight excluding hydrogens is 262 g/mol. The summed E-state index contributed by atoms with van der Waals surface area (Å²) in [5.74, 6) is -1.23. The van der Waals surface area contributed by atoms with Gasteiger partial charge in [-0.25, -0.2) is 4.79 Å². The first-order chi connectivity index (χ1) is 9.13. The average Bonchev–Trinajstić information content (AvgIpc) is 2.25. The minimum Gasteiger partial charge on any atom is -0.481 e. The normalized spacial score (nSPS) is 12.2. The molecule has 20 heavy (non-hydrogen) atoms. The lowest BCUT2D eigenvalue weighted by Gasteiger charge is -2.25. The highest BCUT2D eigenvalue weighted by Crippen LogP contribution is 2.06. The van der Waals surface area contributed by atoms with Crippen molar-refractivity contribution in [3.05, 3.63) is 0 Å². The summed E-state index contributed by atoms with van der Waals surface area (Å²) in [7, 11) is 1.49. The van der Waals surface area contributed by atoms with E-state index in [1.54, 1.807) is 0 Å². The molecule has 0 aromatic rings. The Bertz CT molecular complexity index is 356. The first-order valence-electron chi connectivity index (χ1n) is 6.66. The second-order valence-electron chi connectivity index (χ2n) is 5.48. The monoisotopic (exact) mass is 287 g/mol. The predicted molar refractivity (Wildman–Crippen MR) is 75.3 cm³/mol. The summed E-state index contributed by atoms with van der Waals surface area (Å²) in [5, 5.41) is 14.1. The van der Waals surface area contributed by atoms with Crippen LogP contribution in [-0.2, 0) is 9.59 Å². The largest absolute Gasteiger partial charge is 0.481 e. The van der Waals surface area contributed by atoms with Gasteiger partial charge in [-0.3, -0.25) is 9.59 Å². The fourth-order valence-corrected chi connectivity index (χ4v) is 1.57. The molecule has 3 N–H and O–H groups in total. The molecule has 0 aliphatic carbocycles. The number of likely N-dealkylation sites (N-methyl/N-ethyl adjacent to an activating group) is 1. The molecule has 0 bridgehead atoms. The summed E-state index contributed by atoms with van der Waals surface area (Å²) in [6.07, 6.45) is -0.143. The second kappa shape index (κ2) is 8.39. The van der Waals surface area contributed by atoms with Crippen LogP contribution in [0, 0.1) is 5.92 Å².